The fraction of sp³-hybridized carbons (Fsp3) is 0.375. The number of fused-ring (bicyclic) bond motifs is 1. The molecule has 1 aromatic heterocycles. The van der Waals surface area contributed by atoms with Crippen LogP contribution in [-0.2, 0) is 4.74 Å². The van der Waals surface area contributed by atoms with E-state index >= 15 is 0 Å². The van der Waals surface area contributed by atoms with Crippen LogP contribution in [0.3, 0.4) is 0 Å². The number of para-hydroxylation sites is 2. The second-order valence-electron chi connectivity index (χ2n) is 7.66. The van der Waals surface area contributed by atoms with Crippen molar-refractivity contribution in [3.8, 4) is 0 Å². The second kappa shape index (κ2) is 10.1. The van der Waals surface area contributed by atoms with Crippen LogP contribution in [0.25, 0.3) is 11.0 Å². The summed E-state index contributed by atoms with van der Waals surface area (Å²) in [5, 5.41) is 5.24. The van der Waals surface area contributed by atoms with Crippen LogP contribution in [0.15, 0.2) is 65.1 Å². The largest absolute Gasteiger partial charge is 0.459 e. The van der Waals surface area contributed by atoms with Crippen molar-refractivity contribution in [1.29, 1.82) is 0 Å². The molecule has 1 aliphatic heterocycles. The summed E-state index contributed by atoms with van der Waals surface area (Å²) in [7, 11) is 0. The van der Waals surface area contributed by atoms with Gasteiger partial charge >= 0.3 is 0 Å². The number of anilines is 1. The molecule has 0 radical (unpaired) electrons. The van der Waals surface area contributed by atoms with Crippen LogP contribution in [0.2, 0.25) is 0 Å². The highest BCUT2D eigenvalue weighted by Crippen LogP contribution is 2.28. The highest BCUT2D eigenvalue weighted by Gasteiger charge is 2.22. The minimum atomic E-state index is 0.0331. The number of morpholine rings is 1. The van der Waals surface area contributed by atoms with Crippen molar-refractivity contribution in [3.63, 3.8) is 0 Å². The first kappa shape index (κ1) is 20.8. The van der Waals surface area contributed by atoms with Gasteiger partial charge in [-0.05, 0) is 49.8 Å². The van der Waals surface area contributed by atoms with E-state index in [2.05, 4.69) is 34.2 Å². The molecule has 2 aromatic carbocycles. The van der Waals surface area contributed by atoms with Gasteiger partial charge < -0.3 is 19.4 Å². The molecule has 1 fully saturated rings. The zero-order chi connectivity index (χ0) is 20.8. The molecule has 0 saturated carbocycles. The molecule has 1 aliphatic rings. The minimum Gasteiger partial charge on any atom is -0.459 e. The van der Waals surface area contributed by atoms with Crippen LogP contribution in [0.4, 0.5) is 5.69 Å². The van der Waals surface area contributed by atoms with Gasteiger partial charge in [-0.15, -0.1) is 0 Å². The number of ether oxygens (including phenoxy) is 1. The van der Waals surface area contributed by atoms with Gasteiger partial charge in [-0.3, -0.25) is 4.90 Å². The van der Waals surface area contributed by atoms with Crippen molar-refractivity contribution in [2.75, 3.05) is 44.7 Å². The van der Waals surface area contributed by atoms with E-state index in [0.717, 1.165) is 73.3 Å². The van der Waals surface area contributed by atoms with Crippen molar-refractivity contribution in [1.82, 2.24) is 9.80 Å². The fourth-order valence-corrected chi connectivity index (χ4v) is 4.21. The first-order chi connectivity index (χ1) is 14.7. The fourth-order valence-electron chi connectivity index (χ4n) is 3.84. The van der Waals surface area contributed by atoms with Crippen LogP contribution in [0, 0.1) is 0 Å². The summed E-state index contributed by atoms with van der Waals surface area (Å²) < 4.78 is 11.6. The normalized spacial score (nSPS) is 15.8. The van der Waals surface area contributed by atoms with E-state index in [0.29, 0.717) is 0 Å². The molecule has 1 atom stereocenters. The molecule has 6 heteroatoms. The molecule has 0 spiro atoms. The van der Waals surface area contributed by atoms with Gasteiger partial charge in [0, 0.05) is 37.3 Å². The number of hydrogen-bond acceptors (Lipinski definition) is 4. The predicted molar refractivity (Wildman–Crippen MR) is 126 cm³/mol. The van der Waals surface area contributed by atoms with Gasteiger partial charge in [0.05, 0.1) is 19.3 Å². The molecule has 0 unspecified atom stereocenters. The number of benzene rings is 2. The third-order valence-corrected chi connectivity index (χ3v) is 5.92. The molecule has 2 heterocycles. The van der Waals surface area contributed by atoms with Gasteiger partial charge in [0.25, 0.3) is 0 Å². The van der Waals surface area contributed by atoms with Gasteiger partial charge in [0.15, 0.2) is 5.11 Å². The Bertz CT molecular complexity index is 920. The molecule has 158 valence electrons. The van der Waals surface area contributed by atoms with Crippen LogP contribution in [-0.4, -0.2) is 54.3 Å². The van der Waals surface area contributed by atoms with Gasteiger partial charge in [-0.2, -0.15) is 0 Å². The Morgan fingerprint density at radius 2 is 1.83 bits per heavy atom. The number of rotatable bonds is 7. The number of furan rings is 1. The SMILES string of the molecule is C[C@@H](c1cc2ccccc2o1)N(CCCN1CCOCC1)C(=S)Nc1ccccc1. The first-order valence-corrected chi connectivity index (χ1v) is 11.0. The maximum absolute atomic E-state index is 6.15. The summed E-state index contributed by atoms with van der Waals surface area (Å²) >= 11 is 5.82. The summed E-state index contributed by atoms with van der Waals surface area (Å²) in [6, 6.07) is 20.4. The average molecular weight is 424 g/mol. The first-order valence-electron chi connectivity index (χ1n) is 10.6. The summed E-state index contributed by atoms with van der Waals surface area (Å²) in [5.74, 6) is 0.930. The third-order valence-electron chi connectivity index (χ3n) is 5.59. The Morgan fingerprint density at radius 3 is 2.60 bits per heavy atom. The van der Waals surface area contributed by atoms with E-state index in [1.165, 1.54) is 0 Å². The molecular formula is C24H29N3O2S. The minimum absolute atomic E-state index is 0.0331. The molecule has 5 nitrogen and oxygen atoms in total. The topological polar surface area (TPSA) is 40.9 Å². The zero-order valence-electron chi connectivity index (χ0n) is 17.4. The van der Waals surface area contributed by atoms with Crippen LogP contribution >= 0.6 is 12.2 Å². The zero-order valence-corrected chi connectivity index (χ0v) is 18.2. The Balaban J connectivity index is 1.48. The Labute approximate surface area is 183 Å². The molecule has 1 N–H and O–H groups in total. The van der Waals surface area contributed by atoms with Crippen LogP contribution < -0.4 is 5.32 Å². The van der Waals surface area contributed by atoms with E-state index in [1.807, 2.05) is 48.5 Å². The summed E-state index contributed by atoms with van der Waals surface area (Å²) in [6.45, 7) is 7.72. The molecule has 0 aliphatic carbocycles. The van der Waals surface area contributed by atoms with Crippen molar-refractivity contribution < 1.29 is 9.15 Å². The van der Waals surface area contributed by atoms with E-state index in [4.69, 9.17) is 21.4 Å². The van der Waals surface area contributed by atoms with Crippen molar-refractivity contribution in [3.05, 3.63) is 66.4 Å². The summed E-state index contributed by atoms with van der Waals surface area (Å²) in [6.07, 6.45) is 1.03. The molecule has 4 rings (SSSR count). The molecule has 3 aromatic rings. The van der Waals surface area contributed by atoms with Gasteiger partial charge in [-0.1, -0.05) is 36.4 Å². The van der Waals surface area contributed by atoms with Crippen LogP contribution in [0.1, 0.15) is 25.1 Å². The number of nitrogens with one attached hydrogen (secondary N) is 1. The van der Waals surface area contributed by atoms with Crippen molar-refractivity contribution in [2.45, 2.75) is 19.4 Å². The monoisotopic (exact) mass is 423 g/mol. The smallest absolute Gasteiger partial charge is 0.174 e. The van der Waals surface area contributed by atoms with Crippen molar-refractivity contribution >= 4 is 34.0 Å². The Hall–Kier alpha value is -2.41. The lowest BCUT2D eigenvalue weighted by atomic mass is 10.2. The lowest BCUT2D eigenvalue weighted by Gasteiger charge is -2.32. The molecule has 0 amide bonds. The Kier molecular flexibility index (Phi) is 7.00. The van der Waals surface area contributed by atoms with Crippen molar-refractivity contribution in [2.24, 2.45) is 0 Å². The van der Waals surface area contributed by atoms with E-state index in [9.17, 15) is 0 Å². The lowest BCUT2D eigenvalue weighted by Crippen LogP contribution is -2.41. The summed E-state index contributed by atoms with van der Waals surface area (Å²) in [5.41, 5.74) is 1.91. The third kappa shape index (κ3) is 5.19. The van der Waals surface area contributed by atoms with Gasteiger partial charge in [0.1, 0.15) is 11.3 Å². The maximum atomic E-state index is 6.15. The lowest BCUT2D eigenvalue weighted by molar-refractivity contribution is 0.0365. The number of hydrogen-bond donors (Lipinski definition) is 1. The number of thiocarbonyl (C=S) groups is 1. The standard InChI is InChI=1S/C24H29N3O2S/c1-19(23-18-20-8-5-6-11-22(20)29-23)27(13-7-12-26-14-16-28-17-15-26)24(30)25-21-9-3-2-4-10-21/h2-6,8-11,18-19H,7,12-17H2,1H3,(H,25,30)/t19-/m0/s1. The van der Waals surface area contributed by atoms with E-state index < -0.39 is 0 Å². The quantitative estimate of drug-likeness (QED) is 0.544. The van der Waals surface area contributed by atoms with E-state index in [1.54, 1.807) is 0 Å². The molecule has 1 saturated heterocycles. The highest BCUT2D eigenvalue weighted by atomic mass is 32.1. The Morgan fingerprint density at radius 1 is 1.10 bits per heavy atom. The summed E-state index contributed by atoms with van der Waals surface area (Å²) in [4.78, 5) is 4.70. The average Bonchev–Trinajstić information content (AvgIpc) is 3.22. The number of nitrogens with zero attached hydrogens (tertiary/aromatic N) is 2. The predicted octanol–water partition coefficient (Wildman–Crippen LogP) is 4.92. The highest BCUT2D eigenvalue weighted by molar-refractivity contribution is 7.80. The van der Waals surface area contributed by atoms with Gasteiger partial charge in [0.2, 0.25) is 0 Å². The maximum Gasteiger partial charge on any atom is 0.174 e. The van der Waals surface area contributed by atoms with Gasteiger partial charge in [-0.25, -0.2) is 0 Å². The van der Waals surface area contributed by atoms with E-state index in [-0.39, 0.29) is 6.04 Å². The second-order valence-corrected chi connectivity index (χ2v) is 8.05. The van der Waals surface area contributed by atoms with Crippen LogP contribution in [0.5, 0.6) is 0 Å². The molecular weight excluding hydrogens is 394 g/mol. The molecule has 0 bridgehead atoms. The molecule has 30 heavy (non-hydrogen) atoms.